The summed E-state index contributed by atoms with van der Waals surface area (Å²) in [4.78, 5) is 29.8. The van der Waals surface area contributed by atoms with Gasteiger partial charge in [-0.3, -0.25) is 9.59 Å². The molecule has 1 atom stereocenters. The van der Waals surface area contributed by atoms with Crippen molar-refractivity contribution in [2.24, 2.45) is 5.92 Å². The van der Waals surface area contributed by atoms with Crippen molar-refractivity contribution in [3.63, 3.8) is 0 Å². The summed E-state index contributed by atoms with van der Waals surface area (Å²) in [5.41, 5.74) is 2.40. The molecule has 26 heavy (non-hydrogen) atoms. The van der Waals surface area contributed by atoms with Gasteiger partial charge in [0.25, 0.3) is 0 Å². The van der Waals surface area contributed by atoms with E-state index in [-0.39, 0.29) is 30.0 Å². The van der Waals surface area contributed by atoms with Gasteiger partial charge in [0.15, 0.2) is 5.58 Å². The molecule has 0 spiro atoms. The molecule has 7 heteroatoms. The lowest BCUT2D eigenvalue weighted by atomic mass is 10.1. The molecule has 0 saturated carbocycles. The number of hydrogen-bond acceptors (Lipinski definition) is 4. The largest absolute Gasteiger partial charge is 0.436 e. The quantitative estimate of drug-likeness (QED) is 0.785. The van der Waals surface area contributed by atoms with E-state index in [1.807, 2.05) is 0 Å². The van der Waals surface area contributed by atoms with Crippen LogP contribution >= 0.6 is 0 Å². The van der Waals surface area contributed by atoms with Crippen LogP contribution in [0.2, 0.25) is 0 Å². The molecule has 6 nitrogen and oxygen atoms in total. The van der Waals surface area contributed by atoms with Crippen LogP contribution in [0.4, 0.5) is 10.1 Å². The van der Waals surface area contributed by atoms with Crippen molar-refractivity contribution < 1.29 is 18.4 Å². The van der Waals surface area contributed by atoms with Crippen molar-refractivity contribution in [3.05, 3.63) is 48.3 Å². The molecule has 1 N–H and O–H groups in total. The van der Waals surface area contributed by atoms with E-state index in [2.05, 4.69) is 10.3 Å². The second-order valence-corrected chi connectivity index (χ2v) is 6.37. The Morgan fingerprint density at radius 2 is 2.04 bits per heavy atom. The second-order valence-electron chi connectivity index (χ2n) is 6.37. The number of nitrogens with zero attached hydrogens (tertiary/aromatic N) is 2. The Morgan fingerprint density at radius 1 is 1.27 bits per heavy atom. The maximum atomic E-state index is 13.0. The number of hydrogen-bond donors (Lipinski definition) is 1. The number of rotatable bonds is 3. The van der Waals surface area contributed by atoms with Gasteiger partial charge in [0.05, 0.1) is 5.92 Å². The van der Waals surface area contributed by atoms with Crippen LogP contribution in [0.25, 0.3) is 22.6 Å². The number of amides is 2. The van der Waals surface area contributed by atoms with Crippen molar-refractivity contribution in [2.75, 3.05) is 18.9 Å². The third-order valence-electron chi connectivity index (χ3n) is 4.46. The fourth-order valence-electron chi connectivity index (χ4n) is 3.00. The predicted molar refractivity (Wildman–Crippen MR) is 93.8 cm³/mol. The lowest BCUT2D eigenvalue weighted by Crippen LogP contribution is -2.25. The van der Waals surface area contributed by atoms with Crippen LogP contribution in [0.1, 0.15) is 6.42 Å². The minimum atomic E-state index is -0.354. The molecule has 0 bridgehead atoms. The van der Waals surface area contributed by atoms with Gasteiger partial charge in [0.1, 0.15) is 11.3 Å². The van der Waals surface area contributed by atoms with E-state index < -0.39 is 0 Å². The number of halogens is 1. The van der Waals surface area contributed by atoms with E-state index in [1.54, 1.807) is 42.3 Å². The van der Waals surface area contributed by atoms with Gasteiger partial charge in [-0.2, -0.15) is 0 Å². The van der Waals surface area contributed by atoms with Gasteiger partial charge in [-0.1, -0.05) is 0 Å². The molecule has 2 aromatic carbocycles. The first-order chi connectivity index (χ1) is 12.5. The number of fused-ring (bicyclic) bond motifs is 1. The minimum absolute atomic E-state index is 0.0280. The summed E-state index contributed by atoms with van der Waals surface area (Å²) in [5.74, 6) is -0.523. The molecular weight excluding hydrogens is 337 g/mol. The number of carbonyl (C=O) groups excluding carboxylic acids is 2. The summed E-state index contributed by atoms with van der Waals surface area (Å²) < 4.78 is 18.8. The molecule has 2 heterocycles. The minimum Gasteiger partial charge on any atom is -0.436 e. The summed E-state index contributed by atoms with van der Waals surface area (Å²) in [7, 11) is 1.69. The van der Waals surface area contributed by atoms with Crippen molar-refractivity contribution in [2.45, 2.75) is 6.42 Å². The van der Waals surface area contributed by atoms with Gasteiger partial charge in [-0.15, -0.1) is 0 Å². The number of anilines is 1. The number of nitrogens with one attached hydrogen (secondary N) is 1. The molecule has 0 radical (unpaired) electrons. The van der Waals surface area contributed by atoms with Gasteiger partial charge >= 0.3 is 0 Å². The fourth-order valence-corrected chi connectivity index (χ4v) is 3.00. The van der Waals surface area contributed by atoms with Gasteiger partial charge in [-0.25, -0.2) is 9.37 Å². The van der Waals surface area contributed by atoms with Crippen LogP contribution in [0.3, 0.4) is 0 Å². The summed E-state index contributed by atoms with van der Waals surface area (Å²) >= 11 is 0. The summed E-state index contributed by atoms with van der Waals surface area (Å²) in [5, 5.41) is 2.82. The van der Waals surface area contributed by atoms with Crippen molar-refractivity contribution >= 4 is 28.6 Å². The van der Waals surface area contributed by atoms with E-state index in [0.29, 0.717) is 34.8 Å². The molecule has 1 saturated heterocycles. The number of carbonyl (C=O) groups is 2. The van der Waals surface area contributed by atoms with Crippen LogP contribution in [0, 0.1) is 11.7 Å². The van der Waals surface area contributed by atoms with E-state index in [4.69, 9.17) is 4.42 Å². The smallest absolute Gasteiger partial charge is 0.229 e. The highest BCUT2D eigenvalue weighted by atomic mass is 19.1. The summed E-state index contributed by atoms with van der Waals surface area (Å²) in [6.45, 7) is 0.421. The molecule has 1 fully saturated rings. The third-order valence-corrected chi connectivity index (χ3v) is 4.46. The molecule has 132 valence electrons. The van der Waals surface area contributed by atoms with Gasteiger partial charge in [0, 0.05) is 37.3 Å². The topological polar surface area (TPSA) is 75.4 Å². The first-order valence-electron chi connectivity index (χ1n) is 8.21. The van der Waals surface area contributed by atoms with Crippen LogP contribution in [0.5, 0.6) is 0 Å². The van der Waals surface area contributed by atoms with Gasteiger partial charge < -0.3 is 14.6 Å². The molecular formula is C19H16FN3O3. The Bertz CT molecular complexity index is 997. The maximum absolute atomic E-state index is 13.0. The monoisotopic (exact) mass is 353 g/mol. The molecule has 1 aliphatic rings. The number of likely N-dealkylation sites (tertiary alicyclic amines) is 1. The first-order valence-corrected chi connectivity index (χ1v) is 8.21. The lowest BCUT2D eigenvalue weighted by molar-refractivity contribution is -0.127. The Morgan fingerprint density at radius 3 is 2.73 bits per heavy atom. The number of aromatic nitrogens is 1. The normalized spacial score (nSPS) is 17.1. The fraction of sp³-hybridized carbons (Fsp3) is 0.211. The zero-order valence-electron chi connectivity index (χ0n) is 14.0. The predicted octanol–water partition coefficient (Wildman–Crippen LogP) is 3.05. The Labute approximate surface area is 148 Å². The highest BCUT2D eigenvalue weighted by Crippen LogP contribution is 2.27. The van der Waals surface area contributed by atoms with Crippen LogP contribution in [-0.2, 0) is 9.59 Å². The van der Waals surface area contributed by atoms with Gasteiger partial charge in [0.2, 0.25) is 17.7 Å². The zero-order valence-corrected chi connectivity index (χ0v) is 14.0. The van der Waals surface area contributed by atoms with Crippen LogP contribution in [0.15, 0.2) is 46.9 Å². The molecule has 1 aliphatic heterocycles. The number of oxazole rings is 1. The summed E-state index contributed by atoms with van der Waals surface area (Å²) in [6, 6.07) is 11.0. The molecule has 1 aromatic heterocycles. The third kappa shape index (κ3) is 3.03. The van der Waals surface area contributed by atoms with E-state index in [1.165, 1.54) is 12.1 Å². The molecule has 3 aromatic rings. The van der Waals surface area contributed by atoms with Crippen LogP contribution in [-0.4, -0.2) is 35.3 Å². The SMILES string of the molecule is CN1CC(C(=O)Nc2ccc3nc(-c4ccc(F)cc4)oc3c2)CC1=O. The standard InChI is InChI=1S/C19H16FN3O3/c1-23-10-12(8-17(23)24)18(25)21-14-6-7-15-16(9-14)26-19(22-15)11-2-4-13(20)5-3-11/h2-7,9,12H,8,10H2,1H3,(H,21,25). The molecule has 2 amide bonds. The van der Waals surface area contributed by atoms with E-state index >= 15 is 0 Å². The maximum Gasteiger partial charge on any atom is 0.229 e. The summed E-state index contributed by atoms with van der Waals surface area (Å²) in [6.07, 6.45) is 0.224. The average Bonchev–Trinajstić information content (AvgIpc) is 3.19. The van der Waals surface area contributed by atoms with Gasteiger partial charge in [-0.05, 0) is 36.4 Å². The highest BCUT2D eigenvalue weighted by Gasteiger charge is 2.32. The second kappa shape index (κ2) is 6.25. The first kappa shape index (κ1) is 16.3. The van der Waals surface area contributed by atoms with Crippen molar-refractivity contribution in [3.8, 4) is 11.5 Å². The van der Waals surface area contributed by atoms with Crippen LogP contribution < -0.4 is 5.32 Å². The molecule has 4 rings (SSSR count). The average molecular weight is 353 g/mol. The van der Waals surface area contributed by atoms with Crippen molar-refractivity contribution in [1.29, 1.82) is 0 Å². The number of benzene rings is 2. The highest BCUT2D eigenvalue weighted by molar-refractivity contribution is 5.98. The lowest BCUT2D eigenvalue weighted by Gasteiger charge is -2.10. The Hall–Kier alpha value is -3.22. The molecule has 1 unspecified atom stereocenters. The zero-order chi connectivity index (χ0) is 18.3. The molecule has 0 aliphatic carbocycles. The van der Waals surface area contributed by atoms with E-state index in [0.717, 1.165) is 0 Å². The Kier molecular flexibility index (Phi) is 3.91. The van der Waals surface area contributed by atoms with Crippen molar-refractivity contribution in [1.82, 2.24) is 9.88 Å². The van der Waals surface area contributed by atoms with E-state index in [9.17, 15) is 14.0 Å². The Balaban J connectivity index is 1.55.